The van der Waals surface area contributed by atoms with Crippen LogP contribution in [-0.2, 0) is 11.2 Å². The number of carbonyl (C=O) groups is 1. The van der Waals surface area contributed by atoms with E-state index in [2.05, 4.69) is 9.97 Å². The molecule has 1 aromatic carbocycles. The quantitative estimate of drug-likeness (QED) is 0.831. The Hall–Kier alpha value is -2.70. The molecule has 132 valence electrons. The molecule has 2 heterocycles. The molecule has 0 radical (unpaired) electrons. The van der Waals surface area contributed by atoms with Crippen molar-refractivity contribution in [1.82, 2.24) is 14.9 Å². The Balaban J connectivity index is 1.58. The first-order chi connectivity index (χ1) is 12.1. The van der Waals surface area contributed by atoms with E-state index in [1.54, 1.807) is 17.0 Å². The predicted octanol–water partition coefficient (Wildman–Crippen LogP) is 2.24. The van der Waals surface area contributed by atoms with E-state index < -0.39 is 0 Å². The van der Waals surface area contributed by atoms with Gasteiger partial charge in [-0.3, -0.25) is 9.78 Å². The fourth-order valence-electron chi connectivity index (χ4n) is 2.81. The van der Waals surface area contributed by atoms with Gasteiger partial charge in [0.1, 0.15) is 11.9 Å². The first kappa shape index (κ1) is 17.1. The van der Waals surface area contributed by atoms with Crippen LogP contribution in [0.5, 0.6) is 11.8 Å². The number of aromatic nitrogens is 2. The molecule has 1 aliphatic heterocycles. The van der Waals surface area contributed by atoms with Gasteiger partial charge in [0.05, 0.1) is 32.5 Å². The van der Waals surface area contributed by atoms with Crippen LogP contribution in [-0.4, -0.2) is 47.1 Å². The molecule has 0 bridgehead atoms. The molecule has 1 saturated heterocycles. The summed E-state index contributed by atoms with van der Waals surface area (Å²) < 4.78 is 23.8. The van der Waals surface area contributed by atoms with Crippen molar-refractivity contribution in [3.05, 3.63) is 48.0 Å². The normalized spacial score (nSPS) is 17.2. The third-order valence-corrected chi connectivity index (χ3v) is 4.09. The molecule has 1 amide bonds. The lowest BCUT2D eigenvalue weighted by Crippen LogP contribution is -2.45. The Morgan fingerprint density at radius 2 is 2.04 bits per heavy atom. The second kappa shape index (κ2) is 7.92. The molecule has 0 N–H and O–H groups in total. The number of hydrogen-bond acceptors (Lipinski definition) is 5. The van der Waals surface area contributed by atoms with Gasteiger partial charge in [-0.15, -0.1) is 0 Å². The van der Waals surface area contributed by atoms with Crippen molar-refractivity contribution >= 4 is 5.91 Å². The van der Waals surface area contributed by atoms with Gasteiger partial charge in [0.15, 0.2) is 0 Å². The van der Waals surface area contributed by atoms with Gasteiger partial charge in [-0.1, -0.05) is 12.1 Å². The van der Waals surface area contributed by atoms with Crippen molar-refractivity contribution < 1.29 is 18.7 Å². The maximum absolute atomic E-state index is 13.0. The molecule has 6 nitrogen and oxygen atoms in total. The maximum atomic E-state index is 13.0. The highest BCUT2D eigenvalue weighted by Crippen LogP contribution is 2.19. The zero-order chi connectivity index (χ0) is 17.6. The molecule has 0 saturated carbocycles. The van der Waals surface area contributed by atoms with Gasteiger partial charge in [0, 0.05) is 6.54 Å². The van der Waals surface area contributed by atoms with Crippen LogP contribution in [0.1, 0.15) is 18.4 Å². The maximum Gasteiger partial charge on any atom is 0.235 e. The summed E-state index contributed by atoms with van der Waals surface area (Å²) in [5, 5.41) is 0. The van der Waals surface area contributed by atoms with Crippen molar-refractivity contribution in [3.8, 4) is 11.8 Å². The van der Waals surface area contributed by atoms with E-state index in [0.29, 0.717) is 24.8 Å². The van der Waals surface area contributed by atoms with Crippen molar-refractivity contribution in [2.75, 3.05) is 20.2 Å². The highest BCUT2D eigenvalue weighted by atomic mass is 19.1. The standard InChI is InChI=1S/C18H20FN3O3/c1-24-16-10-20-11-17(21-16)25-15-3-2-8-22(12-15)18(23)9-13-4-6-14(19)7-5-13/h4-7,10-11,15H,2-3,8-9,12H2,1H3. The number of carbonyl (C=O) groups excluding carboxylic acids is 1. The minimum atomic E-state index is -0.304. The van der Waals surface area contributed by atoms with E-state index in [1.807, 2.05) is 0 Å². The molecule has 7 heteroatoms. The van der Waals surface area contributed by atoms with Crippen molar-refractivity contribution in [3.63, 3.8) is 0 Å². The molecular weight excluding hydrogens is 325 g/mol. The summed E-state index contributed by atoms with van der Waals surface area (Å²) in [4.78, 5) is 22.5. The summed E-state index contributed by atoms with van der Waals surface area (Å²) in [5.41, 5.74) is 0.799. The zero-order valence-corrected chi connectivity index (χ0v) is 14.0. The lowest BCUT2D eigenvalue weighted by molar-refractivity contribution is -0.133. The van der Waals surface area contributed by atoms with E-state index >= 15 is 0 Å². The molecule has 3 rings (SSSR count). The van der Waals surface area contributed by atoms with Crippen molar-refractivity contribution in [2.24, 2.45) is 0 Å². The van der Waals surface area contributed by atoms with Crippen LogP contribution in [0.2, 0.25) is 0 Å². The van der Waals surface area contributed by atoms with Crippen LogP contribution in [0.25, 0.3) is 0 Å². The number of halogens is 1. The van der Waals surface area contributed by atoms with Gasteiger partial charge in [-0.2, -0.15) is 4.98 Å². The van der Waals surface area contributed by atoms with Crippen LogP contribution < -0.4 is 9.47 Å². The molecule has 25 heavy (non-hydrogen) atoms. The third kappa shape index (κ3) is 4.65. The van der Waals surface area contributed by atoms with Crippen LogP contribution in [0, 0.1) is 5.82 Å². The number of nitrogens with zero attached hydrogens (tertiary/aromatic N) is 3. The lowest BCUT2D eigenvalue weighted by atomic mass is 10.1. The molecule has 2 aromatic rings. The van der Waals surface area contributed by atoms with Crippen molar-refractivity contribution in [1.29, 1.82) is 0 Å². The summed E-state index contributed by atoms with van der Waals surface area (Å²) in [6.45, 7) is 1.20. The molecule has 0 spiro atoms. The van der Waals surface area contributed by atoms with Gasteiger partial charge < -0.3 is 14.4 Å². The van der Waals surface area contributed by atoms with Gasteiger partial charge in [-0.05, 0) is 30.5 Å². The molecule has 1 aromatic heterocycles. The Bertz CT molecular complexity index is 724. The monoisotopic (exact) mass is 345 g/mol. The van der Waals surface area contributed by atoms with Crippen LogP contribution >= 0.6 is 0 Å². The molecule has 1 atom stereocenters. The number of ether oxygens (including phenoxy) is 2. The smallest absolute Gasteiger partial charge is 0.235 e. The minimum Gasteiger partial charge on any atom is -0.480 e. The average Bonchev–Trinajstić information content (AvgIpc) is 2.64. The summed E-state index contributed by atoms with van der Waals surface area (Å²) in [5.74, 6) is 0.480. The van der Waals surface area contributed by atoms with E-state index in [9.17, 15) is 9.18 Å². The molecule has 1 fully saturated rings. The van der Waals surface area contributed by atoms with Crippen LogP contribution in [0.4, 0.5) is 4.39 Å². The number of rotatable bonds is 5. The van der Waals surface area contributed by atoms with Crippen LogP contribution in [0.3, 0.4) is 0 Å². The topological polar surface area (TPSA) is 64.6 Å². The fourth-order valence-corrected chi connectivity index (χ4v) is 2.81. The molecule has 1 aliphatic rings. The predicted molar refractivity (Wildman–Crippen MR) is 88.9 cm³/mol. The van der Waals surface area contributed by atoms with Crippen LogP contribution in [0.15, 0.2) is 36.7 Å². The Morgan fingerprint density at radius 3 is 2.80 bits per heavy atom. The summed E-state index contributed by atoms with van der Waals surface area (Å²) in [6.07, 6.45) is 4.86. The van der Waals surface area contributed by atoms with E-state index in [0.717, 1.165) is 18.4 Å². The molecular formula is C18H20FN3O3. The molecule has 1 unspecified atom stereocenters. The number of hydrogen-bond donors (Lipinski definition) is 0. The number of piperidine rings is 1. The highest BCUT2D eigenvalue weighted by Gasteiger charge is 2.25. The average molecular weight is 345 g/mol. The largest absolute Gasteiger partial charge is 0.480 e. The van der Waals surface area contributed by atoms with E-state index in [1.165, 1.54) is 31.6 Å². The summed E-state index contributed by atoms with van der Waals surface area (Å²) >= 11 is 0. The van der Waals surface area contributed by atoms with E-state index in [4.69, 9.17) is 9.47 Å². The Kier molecular flexibility index (Phi) is 5.42. The second-order valence-corrected chi connectivity index (χ2v) is 5.92. The zero-order valence-electron chi connectivity index (χ0n) is 14.0. The second-order valence-electron chi connectivity index (χ2n) is 5.92. The van der Waals surface area contributed by atoms with Gasteiger partial charge in [0.25, 0.3) is 0 Å². The molecule has 0 aliphatic carbocycles. The van der Waals surface area contributed by atoms with Crippen molar-refractivity contribution in [2.45, 2.75) is 25.4 Å². The Morgan fingerprint density at radius 1 is 1.28 bits per heavy atom. The van der Waals surface area contributed by atoms with Gasteiger partial charge >= 0.3 is 0 Å². The number of likely N-dealkylation sites (tertiary alicyclic amines) is 1. The van der Waals surface area contributed by atoms with E-state index in [-0.39, 0.29) is 24.2 Å². The first-order valence-electron chi connectivity index (χ1n) is 8.19. The van der Waals surface area contributed by atoms with Gasteiger partial charge in [0.2, 0.25) is 17.7 Å². The number of methoxy groups -OCH3 is 1. The Labute approximate surface area is 145 Å². The third-order valence-electron chi connectivity index (χ3n) is 4.09. The lowest BCUT2D eigenvalue weighted by Gasteiger charge is -2.32. The fraction of sp³-hybridized carbons (Fsp3) is 0.389. The number of amides is 1. The minimum absolute atomic E-state index is 0.0108. The first-order valence-corrected chi connectivity index (χ1v) is 8.19. The SMILES string of the molecule is COc1cncc(OC2CCCN(C(=O)Cc3ccc(F)cc3)C2)n1. The van der Waals surface area contributed by atoms with Gasteiger partial charge in [-0.25, -0.2) is 4.39 Å². The summed E-state index contributed by atoms with van der Waals surface area (Å²) in [7, 11) is 1.52. The summed E-state index contributed by atoms with van der Waals surface area (Å²) in [6, 6.07) is 6.01. The highest BCUT2D eigenvalue weighted by molar-refractivity contribution is 5.78. The number of benzene rings is 1.